The van der Waals surface area contributed by atoms with Crippen molar-refractivity contribution in [2.75, 3.05) is 0 Å². The van der Waals surface area contributed by atoms with Crippen LogP contribution in [0.3, 0.4) is 0 Å². The van der Waals surface area contributed by atoms with Crippen molar-refractivity contribution in [3.8, 4) is 0 Å². The molecular weight excluding hydrogens is 268 g/mol. The van der Waals surface area contributed by atoms with Crippen molar-refractivity contribution in [1.82, 2.24) is 9.88 Å². The van der Waals surface area contributed by atoms with E-state index >= 15 is 0 Å². The number of furan rings is 1. The summed E-state index contributed by atoms with van der Waals surface area (Å²) in [5.41, 5.74) is 1.37. The summed E-state index contributed by atoms with van der Waals surface area (Å²) in [6.45, 7) is 5.22. The summed E-state index contributed by atoms with van der Waals surface area (Å²) in [6.07, 6.45) is 0. The Bertz CT molecular complexity index is 795. The van der Waals surface area contributed by atoms with Crippen molar-refractivity contribution in [3.63, 3.8) is 0 Å². The molecule has 0 spiro atoms. The first-order valence-electron chi connectivity index (χ1n) is 7.03. The Morgan fingerprint density at radius 1 is 1.10 bits per heavy atom. The third-order valence-corrected chi connectivity index (χ3v) is 3.29. The lowest BCUT2D eigenvalue weighted by Gasteiger charge is -2.05. The third kappa shape index (κ3) is 2.92. The van der Waals surface area contributed by atoms with Crippen molar-refractivity contribution in [1.29, 1.82) is 0 Å². The first-order valence-corrected chi connectivity index (χ1v) is 7.03. The maximum absolute atomic E-state index is 11.9. The zero-order valence-electron chi connectivity index (χ0n) is 12.1. The molecule has 3 aromatic rings. The molecule has 5 nitrogen and oxygen atoms in total. The average Bonchev–Trinajstić information content (AvgIpc) is 3.02. The summed E-state index contributed by atoms with van der Waals surface area (Å²) in [6, 6.07) is 11.6. The van der Waals surface area contributed by atoms with Gasteiger partial charge in [0.1, 0.15) is 11.5 Å². The van der Waals surface area contributed by atoms with Gasteiger partial charge < -0.3 is 14.2 Å². The van der Waals surface area contributed by atoms with E-state index < -0.39 is 0 Å². The molecule has 0 saturated heterocycles. The van der Waals surface area contributed by atoms with Crippen LogP contribution in [0.15, 0.2) is 50.0 Å². The molecule has 0 aliphatic heterocycles. The van der Waals surface area contributed by atoms with E-state index in [1.807, 2.05) is 30.3 Å². The summed E-state index contributed by atoms with van der Waals surface area (Å²) < 4.78 is 12.5. The molecule has 21 heavy (non-hydrogen) atoms. The van der Waals surface area contributed by atoms with Crippen molar-refractivity contribution in [2.24, 2.45) is 0 Å². The number of hydrogen-bond acceptors (Lipinski definition) is 4. The van der Waals surface area contributed by atoms with Crippen LogP contribution in [0.1, 0.15) is 25.4 Å². The van der Waals surface area contributed by atoms with Gasteiger partial charge >= 0.3 is 5.76 Å². The fourth-order valence-corrected chi connectivity index (χ4v) is 2.23. The quantitative estimate of drug-likeness (QED) is 0.783. The van der Waals surface area contributed by atoms with Crippen LogP contribution in [-0.4, -0.2) is 10.6 Å². The van der Waals surface area contributed by atoms with Crippen molar-refractivity contribution in [3.05, 3.63) is 58.5 Å². The van der Waals surface area contributed by atoms with Gasteiger partial charge in [0.05, 0.1) is 18.6 Å². The molecule has 3 rings (SSSR count). The summed E-state index contributed by atoms with van der Waals surface area (Å²) in [5, 5.41) is 3.29. The van der Waals surface area contributed by atoms with Crippen molar-refractivity contribution in [2.45, 2.75) is 33.0 Å². The van der Waals surface area contributed by atoms with Gasteiger partial charge in [0.15, 0.2) is 5.58 Å². The highest BCUT2D eigenvalue weighted by Crippen LogP contribution is 2.15. The molecule has 5 heteroatoms. The Morgan fingerprint density at radius 2 is 1.86 bits per heavy atom. The largest absolute Gasteiger partial charge is 0.463 e. The predicted octanol–water partition coefficient (Wildman–Crippen LogP) is 2.73. The molecule has 0 fully saturated rings. The molecule has 0 bridgehead atoms. The molecule has 2 aromatic heterocycles. The zero-order valence-corrected chi connectivity index (χ0v) is 12.1. The summed E-state index contributed by atoms with van der Waals surface area (Å²) in [7, 11) is 0. The predicted molar refractivity (Wildman–Crippen MR) is 80.3 cm³/mol. The van der Waals surface area contributed by atoms with E-state index in [-0.39, 0.29) is 5.76 Å². The van der Waals surface area contributed by atoms with Crippen LogP contribution in [-0.2, 0) is 13.1 Å². The molecule has 0 amide bonds. The molecule has 0 atom stereocenters. The number of aromatic nitrogens is 1. The normalized spacial score (nSPS) is 11.6. The maximum atomic E-state index is 11.9. The lowest BCUT2D eigenvalue weighted by molar-refractivity contribution is 0.420. The third-order valence-electron chi connectivity index (χ3n) is 3.29. The fraction of sp³-hybridized carbons (Fsp3) is 0.312. The van der Waals surface area contributed by atoms with Gasteiger partial charge in [-0.25, -0.2) is 4.79 Å². The molecule has 2 heterocycles. The fourth-order valence-electron chi connectivity index (χ4n) is 2.23. The first-order chi connectivity index (χ1) is 10.1. The minimum atomic E-state index is -0.366. The van der Waals surface area contributed by atoms with E-state index in [0.29, 0.717) is 24.7 Å². The van der Waals surface area contributed by atoms with Gasteiger partial charge in [-0.15, -0.1) is 0 Å². The lowest BCUT2D eigenvalue weighted by atomic mass is 10.3. The molecule has 1 N–H and O–H groups in total. The second-order valence-electron chi connectivity index (χ2n) is 5.33. The second-order valence-corrected chi connectivity index (χ2v) is 5.33. The van der Waals surface area contributed by atoms with Crippen LogP contribution in [0.5, 0.6) is 0 Å². The monoisotopic (exact) mass is 286 g/mol. The van der Waals surface area contributed by atoms with Gasteiger partial charge in [-0.05, 0) is 24.3 Å². The molecule has 0 aliphatic rings. The first kappa shape index (κ1) is 13.7. The Hall–Kier alpha value is -2.27. The van der Waals surface area contributed by atoms with Gasteiger partial charge in [-0.3, -0.25) is 4.57 Å². The van der Waals surface area contributed by atoms with E-state index in [4.69, 9.17) is 8.83 Å². The second kappa shape index (κ2) is 5.61. The van der Waals surface area contributed by atoms with Crippen LogP contribution in [0, 0.1) is 0 Å². The van der Waals surface area contributed by atoms with Crippen LogP contribution in [0.2, 0.25) is 0 Å². The molecule has 0 unspecified atom stereocenters. The van der Waals surface area contributed by atoms with E-state index in [2.05, 4.69) is 19.2 Å². The highest BCUT2D eigenvalue weighted by molar-refractivity contribution is 5.72. The number of benzene rings is 1. The molecule has 1 aromatic carbocycles. The molecule has 0 radical (unpaired) electrons. The van der Waals surface area contributed by atoms with E-state index in [1.54, 1.807) is 10.6 Å². The van der Waals surface area contributed by atoms with Gasteiger partial charge in [-0.2, -0.15) is 0 Å². The van der Waals surface area contributed by atoms with Crippen LogP contribution in [0.4, 0.5) is 0 Å². The Morgan fingerprint density at radius 3 is 2.67 bits per heavy atom. The minimum Gasteiger partial charge on any atom is -0.463 e. The highest BCUT2D eigenvalue weighted by Gasteiger charge is 2.11. The lowest BCUT2D eigenvalue weighted by Crippen LogP contribution is -2.21. The van der Waals surface area contributed by atoms with Gasteiger partial charge in [-0.1, -0.05) is 26.0 Å². The number of nitrogens with one attached hydrogen (secondary N) is 1. The number of fused-ring (bicyclic) bond motifs is 1. The standard InChI is InChI=1S/C16H18N2O3/c1-11(2)17-9-12-7-8-13(20-12)10-18-14-5-3-4-6-15(14)21-16(18)19/h3-8,11,17H,9-10H2,1-2H3. The van der Waals surface area contributed by atoms with E-state index in [9.17, 15) is 4.79 Å². The van der Waals surface area contributed by atoms with Crippen molar-refractivity contribution < 1.29 is 8.83 Å². The van der Waals surface area contributed by atoms with Gasteiger partial charge in [0.25, 0.3) is 0 Å². The number of rotatable bonds is 5. The van der Waals surface area contributed by atoms with Crippen LogP contribution >= 0.6 is 0 Å². The highest BCUT2D eigenvalue weighted by atomic mass is 16.4. The van der Waals surface area contributed by atoms with Crippen LogP contribution in [0.25, 0.3) is 11.1 Å². The van der Waals surface area contributed by atoms with Crippen LogP contribution < -0.4 is 11.1 Å². The number of oxazole rings is 1. The Kier molecular flexibility index (Phi) is 3.66. The molecular formula is C16H18N2O3. The zero-order chi connectivity index (χ0) is 14.8. The summed E-state index contributed by atoms with van der Waals surface area (Å²) in [4.78, 5) is 11.9. The number of hydrogen-bond donors (Lipinski definition) is 1. The molecule has 110 valence electrons. The minimum absolute atomic E-state index is 0.366. The smallest absolute Gasteiger partial charge is 0.420 e. The number of para-hydroxylation sites is 2. The van der Waals surface area contributed by atoms with E-state index in [1.165, 1.54) is 0 Å². The van der Waals surface area contributed by atoms with Gasteiger partial charge in [0, 0.05) is 6.04 Å². The molecule has 0 aliphatic carbocycles. The summed E-state index contributed by atoms with van der Waals surface area (Å²) >= 11 is 0. The topological polar surface area (TPSA) is 60.3 Å². The number of nitrogens with zero attached hydrogens (tertiary/aromatic N) is 1. The Labute approximate surface area is 122 Å². The van der Waals surface area contributed by atoms with E-state index in [0.717, 1.165) is 17.0 Å². The Balaban J connectivity index is 1.82. The average molecular weight is 286 g/mol. The summed E-state index contributed by atoms with van der Waals surface area (Å²) in [5.74, 6) is 1.23. The maximum Gasteiger partial charge on any atom is 0.420 e. The van der Waals surface area contributed by atoms with Crippen molar-refractivity contribution >= 4 is 11.1 Å². The van der Waals surface area contributed by atoms with Gasteiger partial charge in [0.2, 0.25) is 0 Å². The molecule has 0 saturated carbocycles. The SMILES string of the molecule is CC(C)NCc1ccc(Cn2c(=O)oc3ccccc32)o1.